The minimum atomic E-state index is -0.903. The first-order valence-corrected chi connectivity index (χ1v) is 8.20. The summed E-state index contributed by atoms with van der Waals surface area (Å²) in [6.45, 7) is 1.86. The molecule has 4 rings (SSSR count). The smallest absolute Gasteiger partial charge is 0.318 e. The van der Waals surface area contributed by atoms with Crippen molar-refractivity contribution >= 4 is 28.9 Å². The Morgan fingerprint density at radius 2 is 1.88 bits per heavy atom. The van der Waals surface area contributed by atoms with Crippen LogP contribution in [0.4, 0.5) is 10.5 Å². The van der Waals surface area contributed by atoms with Gasteiger partial charge in [-0.05, 0) is 25.1 Å². The van der Waals surface area contributed by atoms with Crippen LogP contribution in [0.3, 0.4) is 0 Å². The van der Waals surface area contributed by atoms with Gasteiger partial charge in [0, 0.05) is 11.3 Å². The molecule has 2 aliphatic heterocycles. The van der Waals surface area contributed by atoms with Crippen LogP contribution in [0, 0.1) is 5.92 Å². The molecule has 3 atom stereocenters. The van der Waals surface area contributed by atoms with E-state index in [9.17, 15) is 4.79 Å². The van der Waals surface area contributed by atoms with Crippen molar-refractivity contribution in [3.05, 3.63) is 60.2 Å². The molecule has 2 amide bonds. The van der Waals surface area contributed by atoms with Gasteiger partial charge in [0.1, 0.15) is 5.75 Å². The number of hydrogen-bond donors (Lipinski definition) is 3. The van der Waals surface area contributed by atoms with E-state index < -0.39 is 5.72 Å². The van der Waals surface area contributed by atoms with Crippen molar-refractivity contribution in [3.63, 3.8) is 0 Å². The zero-order valence-electron chi connectivity index (χ0n) is 13.1. The molecule has 0 radical (unpaired) electrons. The first-order chi connectivity index (χ1) is 11.6. The molecule has 0 unspecified atom stereocenters. The van der Waals surface area contributed by atoms with Gasteiger partial charge < -0.3 is 15.4 Å². The molecule has 1 fully saturated rings. The van der Waals surface area contributed by atoms with Crippen LogP contribution in [0.2, 0.25) is 0 Å². The fourth-order valence-corrected chi connectivity index (χ4v) is 3.91. The number of benzene rings is 2. The maximum atomic E-state index is 12.1. The highest BCUT2D eigenvalue weighted by atomic mass is 32.1. The number of anilines is 1. The molecular formula is C18H17N3O2S. The lowest BCUT2D eigenvalue weighted by Crippen LogP contribution is -2.70. The maximum Gasteiger partial charge on any atom is 0.318 e. The molecule has 2 aliphatic rings. The van der Waals surface area contributed by atoms with Crippen molar-refractivity contribution in [2.24, 2.45) is 5.92 Å². The quantitative estimate of drug-likeness (QED) is 0.735. The van der Waals surface area contributed by atoms with Crippen molar-refractivity contribution in [2.75, 3.05) is 5.32 Å². The van der Waals surface area contributed by atoms with Crippen molar-refractivity contribution in [1.82, 2.24) is 10.6 Å². The van der Waals surface area contributed by atoms with Crippen molar-refractivity contribution in [1.29, 1.82) is 0 Å². The van der Waals surface area contributed by atoms with Gasteiger partial charge in [-0.1, -0.05) is 48.6 Å². The second kappa shape index (κ2) is 5.49. The van der Waals surface area contributed by atoms with Gasteiger partial charge in [-0.25, -0.2) is 4.79 Å². The van der Waals surface area contributed by atoms with Gasteiger partial charge >= 0.3 is 6.03 Å². The first kappa shape index (κ1) is 15.0. The van der Waals surface area contributed by atoms with Crippen LogP contribution in [-0.2, 0) is 0 Å². The second-order valence-corrected chi connectivity index (χ2v) is 6.60. The number of carbonyl (C=O) groups excluding carboxylic acids is 1. The Kier molecular flexibility index (Phi) is 3.42. The van der Waals surface area contributed by atoms with Gasteiger partial charge in [0.2, 0.25) is 0 Å². The highest BCUT2D eigenvalue weighted by Gasteiger charge is 2.53. The molecule has 0 spiro atoms. The lowest BCUT2D eigenvalue weighted by molar-refractivity contribution is -0.0157. The van der Waals surface area contributed by atoms with Crippen molar-refractivity contribution in [3.8, 4) is 5.75 Å². The third kappa shape index (κ3) is 2.39. The standard InChI is InChI=1S/C18H17N3O2S/c1-18-14(16(24)19-11-7-3-2-4-8-11)15(20-17(22)21-18)12-9-5-6-10-13(12)23-18/h2-10,14-15H,1H3,(H,19,24)(H2,20,21,22)/t14-,15-,18+/m1/s1. The lowest BCUT2D eigenvalue weighted by Gasteiger charge is -2.50. The van der Waals surface area contributed by atoms with Crippen LogP contribution >= 0.6 is 12.2 Å². The summed E-state index contributed by atoms with van der Waals surface area (Å²) in [5.74, 6) is 0.525. The molecule has 2 aromatic rings. The normalized spacial score (nSPS) is 27.1. The fourth-order valence-electron chi connectivity index (χ4n) is 3.43. The van der Waals surface area contributed by atoms with Gasteiger partial charge in [0.25, 0.3) is 0 Å². The van der Waals surface area contributed by atoms with Crippen LogP contribution in [0.15, 0.2) is 54.6 Å². The number of carbonyl (C=O) groups is 1. The fraction of sp³-hybridized carbons (Fsp3) is 0.222. The maximum absolute atomic E-state index is 12.1. The topological polar surface area (TPSA) is 62.4 Å². The van der Waals surface area contributed by atoms with Crippen LogP contribution in [0.1, 0.15) is 18.5 Å². The number of amides is 2. The average molecular weight is 339 g/mol. The van der Waals surface area contributed by atoms with Crippen LogP contribution in [-0.4, -0.2) is 16.7 Å². The Balaban J connectivity index is 1.72. The van der Waals surface area contributed by atoms with Gasteiger partial charge in [0.05, 0.1) is 16.9 Å². The number of thiocarbonyl (C=S) groups is 1. The highest BCUT2D eigenvalue weighted by molar-refractivity contribution is 7.80. The van der Waals surface area contributed by atoms with E-state index in [1.165, 1.54) is 0 Å². The van der Waals surface area contributed by atoms with Gasteiger partial charge in [-0.2, -0.15) is 0 Å². The largest absolute Gasteiger partial charge is 0.467 e. The molecule has 6 heteroatoms. The average Bonchev–Trinajstić information content (AvgIpc) is 2.54. The Hall–Kier alpha value is -2.60. The summed E-state index contributed by atoms with van der Waals surface area (Å²) in [6.07, 6.45) is 0. The summed E-state index contributed by atoms with van der Waals surface area (Å²) in [5.41, 5.74) is 0.946. The van der Waals surface area contributed by atoms with Crippen LogP contribution < -0.4 is 20.7 Å². The molecule has 2 aromatic carbocycles. The summed E-state index contributed by atoms with van der Waals surface area (Å²) >= 11 is 5.67. The van der Waals surface area contributed by atoms with Gasteiger partial charge in [-0.3, -0.25) is 5.32 Å². The Labute approximate surface area is 145 Å². The molecule has 3 N–H and O–H groups in total. The molecule has 0 aromatic heterocycles. The molecular weight excluding hydrogens is 322 g/mol. The van der Waals surface area contributed by atoms with Gasteiger partial charge in [-0.15, -0.1) is 0 Å². The molecule has 0 saturated carbocycles. The number of hydrogen-bond acceptors (Lipinski definition) is 3. The van der Waals surface area contributed by atoms with E-state index in [0.29, 0.717) is 4.99 Å². The van der Waals surface area contributed by atoms with Crippen LogP contribution in [0.25, 0.3) is 0 Å². The zero-order chi connectivity index (χ0) is 16.7. The van der Waals surface area contributed by atoms with E-state index in [4.69, 9.17) is 17.0 Å². The Bertz CT molecular complexity index is 811. The first-order valence-electron chi connectivity index (χ1n) is 7.79. The van der Waals surface area contributed by atoms with Crippen molar-refractivity contribution < 1.29 is 9.53 Å². The number of para-hydroxylation sites is 2. The van der Waals surface area contributed by atoms with E-state index in [1.807, 2.05) is 61.5 Å². The molecule has 5 nitrogen and oxygen atoms in total. The van der Waals surface area contributed by atoms with E-state index in [2.05, 4.69) is 16.0 Å². The lowest BCUT2D eigenvalue weighted by atomic mass is 9.80. The monoisotopic (exact) mass is 339 g/mol. The zero-order valence-corrected chi connectivity index (χ0v) is 13.9. The summed E-state index contributed by atoms with van der Waals surface area (Å²) in [7, 11) is 0. The molecule has 24 heavy (non-hydrogen) atoms. The number of rotatable bonds is 2. The van der Waals surface area contributed by atoms with Crippen molar-refractivity contribution in [2.45, 2.75) is 18.7 Å². The van der Waals surface area contributed by atoms with E-state index in [1.54, 1.807) is 0 Å². The van der Waals surface area contributed by atoms with E-state index >= 15 is 0 Å². The summed E-state index contributed by atoms with van der Waals surface area (Å²) < 4.78 is 6.13. The second-order valence-electron chi connectivity index (χ2n) is 6.16. The van der Waals surface area contributed by atoms with E-state index in [0.717, 1.165) is 17.0 Å². The summed E-state index contributed by atoms with van der Waals surface area (Å²) in [4.78, 5) is 12.7. The number of fused-ring (bicyclic) bond motifs is 4. The predicted molar refractivity (Wildman–Crippen MR) is 96.0 cm³/mol. The predicted octanol–water partition coefficient (Wildman–Crippen LogP) is 3.20. The summed E-state index contributed by atoms with van der Waals surface area (Å²) in [5, 5.41) is 9.14. The molecule has 1 saturated heterocycles. The minimum absolute atomic E-state index is 0.236. The Morgan fingerprint density at radius 1 is 1.17 bits per heavy atom. The van der Waals surface area contributed by atoms with Gasteiger partial charge in [0.15, 0.2) is 5.72 Å². The molecule has 0 aliphatic carbocycles. The van der Waals surface area contributed by atoms with Crippen LogP contribution in [0.5, 0.6) is 5.75 Å². The third-order valence-corrected chi connectivity index (χ3v) is 4.83. The molecule has 122 valence electrons. The Morgan fingerprint density at radius 3 is 2.67 bits per heavy atom. The number of ether oxygens (including phenoxy) is 1. The molecule has 2 bridgehead atoms. The summed E-state index contributed by atoms with van der Waals surface area (Å²) in [6, 6.07) is 17.0. The number of urea groups is 1. The highest BCUT2D eigenvalue weighted by Crippen LogP contribution is 2.45. The van der Waals surface area contributed by atoms with E-state index in [-0.39, 0.29) is 18.0 Å². The minimum Gasteiger partial charge on any atom is -0.467 e. The SMILES string of the molecule is C[C@]12NC(=O)N[C@H](c3ccccc3O1)[C@@H]2C(=S)Nc1ccccc1. The number of nitrogens with one attached hydrogen (secondary N) is 3. The molecule has 2 heterocycles. The third-order valence-electron chi connectivity index (χ3n) is 4.47.